The van der Waals surface area contributed by atoms with Crippen molar-refractivity contribution >= 4 is 15.8 Å². The molecular weight excluding hydrogens is 282 g/mol. The summed E-state index contributed by atoms with van der Waals surface area (Å²) < 4.78 is 38.7. The van der Waals surface area contributed by atoms with Crippen molar-refractivity contribution in [1.82, 2.24) is 9.78 Å². The molecule has 0 fully saturated rings. The van der Waals surface area contributed by atoms with Crippen LogP contribution in [0.5, 0.6) is 11.5 Å². The summed E-state index contributed by atoms with van der Waals surface area (Å²) >= 11 is 0. The topological polar surface area (TPSA) is 82.5 Å². The van der Waals surface area contributed by atoms with Gasteiger partial charge in [0.15, 0.2) is 5.82 Å². The highest BCUT2D eigenvalue weighted by molar-refractivity contribution is 7.92. The number of ether oxygens (including phenoxy) is 2. The van der Waals surface area contributed by atoms with Crippen LogP contribution in [0.25, 0.3) is 0 Å². The number of hydrogen-bond donors (Lipinski definition) is 1. The third-order valence-corrected chi connectivity index (χ3v) is 3.99. The van der Waals surface area contributed by atoms with E-state index in [4.69, 9.17) is 9.47 Å². The van der Waals surface area contributed by atoms with Crippen molar-refractivity contribution in [2.24, 2.45) is 7.05 Å². The Balaban J connectivity index is 2.42. The SMILES string of the molecule is COc1ccc(OC)c(S(=O)(=O)Nc2ccn(C)n2)c1. The molecule has 0 unspecified atom stereocenters. The van der Waals surface area contributed by atoms with Gasteiger partial charge in [-0.1, -0.05) is 0 Å². The van der Waals surface area contributed by atoms with E-state index in [-0.39, 0.29) is 16.5 Å². The fourth-order valence-corrected chi connectivity index (χ4v) is 2.84. The second kappa shape index (κ2) is 5.41. The molecule has 0 atom stereocenters. The highest BCUT2D eigenvalue weighted by Gasteiger charge is 2.21. The van der Waals surface area contributed by atoms with Crippen LogP contribution >= 0.6 is 0 Å². The van der Waals surface area contributed by atoms with Crippen LogP contribution < -0.4 is 14.2 Å². The number of hydrogen-bond acceptors (Lipinski definition) is 5. The van der Waals surface area contributed by atoms with E-state index in [2.05, 4.69) is 9.82 Å². The first-order chi connectivity index (χ1) is 9.46. The van der Waals surface area contributed by atoms with Gasteiger partial charge < -0.3 is 9.47 Å². The second-order valence-electron chi connectivity index (χ2n) is 4.00. The van der Waals surface area contributed by atoms with E-state index in [0.717, 1.165) is 0 Å². The van der Waals surface area contributed by atoms with Crippen LogP contribution in [-0.2, 0) is 17.1 Å². The molecule has 1 aromatic carbocycles. The molecule has 0 bridgehead atoms. The van der Waals surface area contributed by atoms with Crippen LogP contribution in [0.1, 0.15) is 0 Å². The molecule has 1 N–H and O–H groups in total. The van der Waals surface area contributed by atoms with E-state index in [9.17, 15) is 8.42 Å². The van der Waals surface area contributed by atoms with Gasteiger partial charge in [-0.25, -0.2) is 8.42 Å². The van der Waals surface area contributed by atoms with E-state index in [0.29, 0.717) is 5.75 Å². The van der Waals surface area contributed by atoms with Gasteiger partial charge >= 0.3 is 0 Å². The van der Waals surface area contributed by atoms with E-state index in [1.165, 1.54) is 31.0 Å². The van der Waals surface area contributed by atoms with Crippen LogP contribution in [0.15, 0.2) is 35.4 Å². The van der Waals surface area contributed by atoms with Gasteiger partial charge in [-0.3, -0.25) is 9.40 Å². The molecule has 0 radical (unpaired) electrons. The number of rotatable bonds is 5. The Kier molecular flexibility index (Phi) is 3.84. The molecule has 2 rings (SSSR count). The van der Waals surface area contributed by atoms with Crippen molar-refractivity contribution in [2.75, 3.05) is 18.9 Å². The Hall–Kier alpha value is -2.22. The molecule has 2 aromatic rings. The smallest absolute Gasteiger partial charge is 0.266 e. The quantitative estimate of drug-likeness (QED) is 0.897. The molecule has 0 aliphatic rings. The number of benzene rings is 1. The average Bonchev–Trinajstić information content (AvgIpc) is 2.82. The van der Waals surface area contributed by atoms with Crippen molar-refractivity contribution in [3.8, 4) is 11.5 Å². The number of aromatic nitrogens is 2. The largest absolute Gasteiger partial charge is 0.497 e. The predicted octanol–water partition coefficient (Wildman–Crippen LogP) is 1.24. The molecule has 20 heavy (non-hydrogen) atoms. The molecule has 1 aromatic heterocycles. The molecule has 108 valence electrons. The maximum Gasteiger partial charge on any atom is 0.266 e. The first-order valence-electron chi connectivity index (χ1n) is 5.71. The van der Waals surface area contributed by atoms with Gasteiger partial charge in [0.25, 0.3) is 10.0 Å². The third-order valence-electron chi connectivity index (χ3n) is 2.61. The van der Waals surface area contributed by atoms with Crippen molar-refractivity contribution in [2.45, 2.75) is 4.90 Å². The molecule has 7 nitrogen and oxygen atoms in total. The first-order valence-corrected chi connectivity index (χ1v) is 7.19. The lowest BCUT2D eigenvalue weighted by molar-refractivity contribution is 0.392. The molecule has 0 amide bonds. The van der Waals surface area contributed by atoms with Crippen LogP contribution in [-0.4, -0.2) is 32.4 Å². The number of aryl methyl sites for hydroxylation is 1. The lowest BCUT2D eigenvalue weighted by Crippen LogP contribution is -2.14. The van der Waals surface area contributed by atoms with Crippen LogP contribution in [0.4, 0.5) is 5.82 Å². The lowest BCUT2D eigenvalue weighted by atomic mass is 10.3. The summed E-state index contributed by atoms with van der Waals surface area (Å²) in [5.41, 5.74) is 0. The zero-order chi connectivity index (χ0) is 14.8. The van der Waals surface area contributed by atoms with Crippen LogP contribution in [0.3, 0.4) is 0 Å². The number of sulfonamides is 1. The summed E-state index contributed by atoms with van der Waals surface area (Å²) in [7, 11) is 0.759. The monoisotopic (exact) mass is 297 g/mol. The first kappa shape index (κ1) is 14.2. The van der Waals surface area contributed by atoms with E-state index < -0.39 is 10.0 Å². The lowest BCUT2D eigenvalue weighted by Gasteiger charge is -2.11. The van der Waals surface area contributed by atoms with Gasteiger partial charge in [0.2, 0.25) is 0 Å². The number of nitrogens with zero attached hydrogens (tertiary/aromatic N) is 2. The summed E-state index contributed by atoms with van der Waals surface area (Å²) in [5.74, 6) is 0.888. The van der Waals surface area contributed by atoms with Crippen molar-refractivity contribution < 1.29 is 17.9 Å². The fourth-order valence-electron chi connectivity index (χ4n) is 1.66. The number of methoxy groups -OCH3 is 2. The maximum atomic E-state index is 12.4. The van der Waals surface area contributed by atoms with E-state index in [1.807, 2.05) is 0 Å². The average molecular weight is 297 g/mol. The Labute approximate surface area is 117 Å². The van der Waals surface area contributed by atoms with Crippen LogP contribution in [0, 0.1) is 0 Å². The van der Waals surface area contributed by atoms with Crippen LogP contribution in [0.2, 0.25) is 0 Å². The van der Waals surface area contributed by atoms with E-state index >= 15 is 0 Å². The van der Waals surface area contributed by atoms with Gasteiger partial charge in [0.05, 0.1) is 14.2 Å². The zero-order valence-electron chi connectivity index (χ0n) is 11.3. The molecule has 0 spiro atoms. The summed E-state index contributed by atoms with van der Waals surface area (Å²) in [6.45, 7) is 0. The minimum absolute atomic E-state index is 0.00926. The summed E-state index contributed by atoms with van der Waals surface area (Å²) in [6.07, 6.45) is 1.64. The molecule has 8 heteroatoms. The molecule has 0 saturated heterocycles. The minimum atomic E-state index is -3.81. The normalized spacial score (nSPS) is 11.2. The van der Waals surface area contributed by atoms with Crippen molar-refractivity contribution in [3.05, 3.63) is 30.5 Å². The van der Waals surface area contributed by atoms with Gasteiger partial charge in [-0.15, -0.1) is 0 Å². The fraction of sp³-hybridized carbons (Fsp3) is 0.250. The molecule has 0 aliphatic carbocycles. The summed E-state index contributed by atoms with van der Waals surface area (Å²) in [4.78, 5) is -0.00926. The molecular formula is C12H15N3O4S. The maximum absolute atomic E-state index is 12.4. The molecule has 1 heterocycles. The van der Waals surface area contributed by atoms with E-state index in [1.54, 1.807) is 25.4 Å². The Morgan fingerprint density at radius 2 is 1.95 bits per heavy atom. The Morgan fingerprint density at radius 1 is 1.20 bits per heavy atom. The number of nitrogens with one attached hydrogen (secondary N) is 1. The standard InChI is InChI=1S/C12H15N3O4S/c1-15-7-6-12(13-15)14-20(16,17)11-8-9(18-2)4-5-10(11)19-3/h4-8H,1-3H3,(H,13,14). The number of anilines is 1. The predicted molar refractivity (Wildman–Crippen MR) is 73.6 cm³/mol. The zero-order valence-corrected chi connectivity index (χ0v) is 12.1. The third kappa shape index (κ3) is 2.85. The molecule has 0 aliphatic heterocycles. The summed E-state index contributed by atoms with van der Waals surface area (Å²) in [6, 6.07) is 6.11. The van der Waals surface area contributed by atoms with Gasteiger partial charge in [-0.05, 0) is 12.1 Å². The highest BCUT2D eigenvalue weighted by Crippen LogP contribution is 2.29. The highest BCUT2D eigenvalue weighted by atomic mass is 32.2. The van der Waals surface area contributed by atoms with Gasteiger partial charge in [0, 0.05) is 25.4 Å². The minimum Gasteiger partial charge on any atom is -0.497 e. The summed E-state index contributed by atoms with van der Waals surface area (Å²) in [5, 5.41) is 3.97. The second-order valence-corrected chi connectivity index (χ2v) is 5.65. The Morgan fingerprint density at radius 3 is 2.50 bits per heavy atom. The van der Waals surface area contributed by atoms with Crippen molar-refractivity contribution in [1.29, 1.82) is 0 Å². The van der Waals surface area contributed by atoms with Gasteiger partial charge in [0.1, 0.15) is 16.4 Å². The van der Waals surface area contributed by atoms with Gasteiger partial charge in [-0.2, -0.15) is 5.10 Å². The Bertz CT molecular complexity index is 709. The van der Waals surface area contributed by atoms with Crippen molar-refractivity contribution in [3.63, 3.8) is 0 Å². The molecule has 0 saturated carbocycles.